The van der Waals surface area contributed by atoms with Crippen LogP contribution < -0.4 is 10.2 Å². The van der Waals surface area contributed by atoms with E-state index in [0.717, 1.165) is 0 Å². The molecule has 2 heterocycles. The number of ether oxygens (including phenoxy) is 1. The van der Waals surface area contributed by atoms with Crippen molar-refractivity contribution in [1.29, 1.82) is 0 Å². The van der Waals surface area contributed by atoms with Gasteiger partial charge in [-0.05, 0) is 18.2 Å². The second-order valence-electron chi connectivity index (χ2n) is 5.50. The van der Waals surface area contributed by atoms with E-state index in [4.69, 9.17) is 21.4 Å². The van der Waals surface area contributed by atoms with Crippen LogP contribution in [-0.2, 0) is 9.53 Å². The van der Waals surface area contributed by atoms with Gasteiger partial charge in [0.1, 0.15) is 0 Å². The van der Waals surface area contributed by atoms with Gasteiger partial charge in [0.25, 0.3) is 5.91 Å². The summed E-state index contributed by atoms with van der Waals surface area (Å²) in [5.41, 5.74) is 0.806. The molecule has 128 valence electrons. The minimum absolute atomic E-state index is 0.0427. The van der Waals surface area contributed by atoms with Crippen LogP contribution in [0.1, 0.15) is 10.4 Å². The Morgan fingerprint density at radius 2 is 2.12 bits per heavy atom. The molecule has 2 saturated heterocycles. The van der Waals surface area contributed by atoms with Crippen molar-refractivity contribution < 1.29 is 24.2 Å². The van der Waals surface area contributed by atoms with Crippen molar-refractivity contribution in [2.45, 2.75) is 6.10 Å². The Hall–Kier alpha value is -2.32. The number of carbonyl (C=O) groups is 3. The number of nitrogens with zero attached hydrogens (tertiary/aromatic N) is 2. The Morgan fingerprint density at radius 1 is 1.33 bits per heavy atom. The highest BCUT2D eigenvalue weighted by molar-refractivity contribution is 6.34. The Bertz CT molecular complexity index is 696. The third-order valence-electron chi connectivity index (χ3n) is 3.98. The van der Waals surface area contributed by atoms with E-state index in [9.17, 15) is 14.4 Å². The third kappa shape index (κ3) is 3.15. The van der Waals surface area contributed by atoms with Gasteiger partial charge in [0.15, 0.2) is 6.10 Å². The molecule has 0 spiro atoms. The number of urea groups is 1. The monoisotopic (exact) mass is 353 g/mol. The molecule has 1 atom stereocenters. The highest BCUT2D eigenvalue weighted by Gasteiger charge is 2.31. The number of hydrogen-bond acceptors (Lipinski definition) is 4. The Labute approximate surface area is 142 Å². The van der Waals surface area contributed by atoms with Crippen molar-refractivity contribution in [1.82, 2.24) is 10.2 Å². The lowest BCUT2D eigenvalue weighted by Gasteiger charge is -2.31. The van der Waals surface area contributed by atoms with E-state index in [0.29, 0.717) is 18.8 Å². The van der Waals surface area contributed by atoms with Crippen molar-refractivity contribution in [2.24, 2.45) is 0 Å². The standard InChI is InChI=1S/C15H16ClN3O5/c16-11-2-1-9(19-4-3-17-15(19)23)7-10(11)13(20)18-5-6-24-12(8-18)14(21)22/h1-2,7,12H,3-6,8H2,(H,17,23)(H,21,22)/t12-/m0/s1. The highest BCUT2D eigenvalue weighted by atomic mass is 35.5. The van der Waals surface area contributed by atoms with Crippen molar-refractivity contribution in [3.63, 3.8) is 0 Å². The molecule has 2 fully saturated rings. The van der Waals surface area contributed by atoms with Crippen LogP contribution in [0.15, 0.2) is 18.2 Å². The number of benzene rings is 1. The van der Waals surface area contributed by atoms with Crippen LogP contribution in [0.2, 0.25) is 5.02 Å². The predicted molar refractivity (Wildman–Crippen MR) is 85.5 cm³/mol. The molecule has 9 heteroatoms. The number of carbonyl (C=O) groups excluding carboxylic acids is 2. The molecule has 0 unspecified atom stereocenters. The quantitative estimate of drug-likeness (QED) is 0.837. The van der Waals surface area contributed by atoms with Crippen LogP contribution in [-0.4, -0.2) is 66.8 Å². The zero-order valence-electron chi connectivity index (χ0n) is 12.7. The van der Waals surface area contributed by atoms with Gasteiger partial charge in [-0.3, -0.25) is 9.69 Å². The second kappa shape index (κ2) is 6.66. The van der Waals surface area contributed by atoms with Crippen molar-refractivity contribution in [3.8, 4) is 0 Å². The first kappa shape index (κ1) is 16.5. The van der Waals surface area contributed by atoms with E-state index in [2.05, 4.69) is 5.32 Å². The fourth-order valence-electron chi connectivity index (χ4n) is 2.72. The average Bonchev–Trinajstić information content (AvgIpc) is 3.01. The third-order valence-corrected chi connectivity index (χ3v) is 4.31. The Morgan fingerprint density at radius 3 is 2.79 bits per heavy atom. The zero-order chi connectivity index (χ0) is 17.3. The molecule has 2 aliphatic rings. The number of nitrogens with one attached hydrogen (secondary N) is 1. The summed E-state index contributed by atoms with van der Waals surface area (Å²) < 4.78 is 5.12. The molecule has 0 radical (unpaired) electrons. The number of hydrogen-bond donors (Lipinski definition) is 2. The highest BCUT2D eigenvalue weighted by Crippen LogP contribution is 2.26. The first-order valence-electron chi connectivity index (χ1n) is 7.46. The maximum Gasteiger partial charge on any atom is 0.334 e. The van der Waals surface area contributed by atoms with Crippen LogP contribution in [0.3, 0.4) is 0 Å². The zero-order valence-corrected chi connectivity index (χ0v) is 13.5. The SMILES string of the molecule is O=C(O)[C@@H]1CN(C(=O)c2cc(N3CCNC3=O)ccc2Cl)CCO1. The molecule has 0 aromatic heterocycles. The number of anilines is 1. The number of rotatable bonds is 3. The molecular formula is C15H16ClN3O5. The number of carboxylic acid groups (broad SMARTS) is 1. The summed E-state index contributed by atoms with van der Waals surface area (Å²) in [5.74, 6) is -1.49. The van der Waals surface area contributed by atoms with Crippen molar-refractivity contribution in [3.05, 3.63) is 28.8 Å². The topological polar surface area (TPSA) is 99.2 Å². The minimum atomic E-state index is -1.11. The van der Waals surface area contributed by atoms with Crippen LogP contribution in [0.4, 0.5) is 10.5 Å². The van der Waals surface area contributed by atoms with Gasteiger partial charge in [0.2, 0.25) is 0 Å². The van der Waals surface area contributed by atoms with Gasteiger partial charge in [-0.15, -0.1) is 0 Å². The fraction of sp³-hybridized carbons (Fsp3) is 0.400. The van der Waals surface area contributed by atoms with E-state index in [1.807, 2.05) is 0 Å². The molecule has 2 N–H and O–H groups in total. The fourth-order valence-corrected chi connectivity index (χ4v) is 2.91. The van der Waals surface area contributed by atoms with E-state index in [-0.39, 0.29) is 42.2 Å². The van der Waals surface area contributed by atoms with Gasteiger partial charge in [0.05, 0.1) is 23.7 Å². The summed E-state index contributed by atoms with van der Waals surface area (Å²) in [5, 5.41) is 12.0. The van der Waals surface area contributed by atoms with E-state index in [1.54, 1.807) is 18.2 Å². The Kier molecular flexibility index (Phi) is 4.59. The lowest BCUT2D eigenvalue weighted by molar-refractivity contribution is -0.154. The summed E-state index contributed by atoms with van der Waals surface area (Å²) in [6.07, 6.45) is -1.05. The summed E-state index contributed by atoms with van der Waals surface area (Å²) >= 11 is 6.14. The molecule has 3 rings (SSSR count). The van der Waals surface area contributed by atoms with Gasteiger partial charge in [-0.1, -0.05) is 11.6 Å². The first-order chi connectivity index (χ1) is 11.5. The molecule has 8 nitrogen and oxygen atoms in total. The molecule has 1 aromatic carbocycles. The van der Waals surface area contributed by atoms with Gasteiger partial charge in [-0.2, -0.15) is 0 Å². The van der Waals surface area contributed by atoms with Crippen LogP contribution in [0, 0.1) is 0 Å². The summed E-state index contributed by atoms with van der Waals surface area (Å²) in [6, 6.07) is 4.56. The molecule has 0 bridgehead atoms. The van der Waals surface area contributed by atoms with Crippen LogP contribution in [0.5, 0.6) is 0 Å². The second-order valence-corrected chi connectivity index (χ2v) is 5.90. The van der Waals surface area contributed by atoms with E-state index < -0.39 is 12.1 Å². The number of morpholine rings is 1. The summed E-state index contributed by atoms with van der Waals surface area (Å²) in [6.45, 7) is 1.43. The molecule has 24 heavy (non-hydrogen) atoms. The molecule has 3 amide bonds. The number of amides is 3. The van der Waals surface area contributed by atoms with Gasteiger partial charge in [0, 0.05) is 25.3 Å². The molecule has 0 aliphatic carbocycles. The number of halogens is 1. The van der Waals surface area contributed by atoms with Gasteiger partial charge < -0.3 is 20.1 Å². The molecule has 1 aromatic rings. The van der Waals surface area contributed by atoms with Crippen molar-refractivity contribution >= 4 is 35.2 Å². The van der Waals surface area contributed by atoms with E-state index in [1.165, 1.54) is 9.80 Å². The minimum Gasteiger partial charge on any atom is -0.479 e. The predicted octanol–water partition coefficient (Wildman–Crippen LogP) is 0.795. The van der Waals surface area contributed by atoms with Crippen molar-refractivity contribution in [2.75, 3.05) is 37.7 Å². The summed E-state index contributed by atoms with van der Waals surface area (Å²) in [7, 11) is 0. The maximum absolute atomic E-state index is 12.7. The van der Waals surface area contributed by atoms with Crippen LogP contribution >= 0.6 is 11.6 Å². The summed E-state index contributed by atoms with van der Waals surface area (Å²) in [4.78, 5) is 38.4. The molecule has 2 aliphatic heterocycles. The molecule has 0 saturated carbocycles. The molecular weight excluding hydrogens is 338 g/mol. The number of aliphatic carboxylic acids is 1. The van der Waals surface area contributed by atoms with E-state index >= 15 is 0 Å². The normalized spacial score (nSPS) is 20.9. The van der Waals surface area contributed by atoms with Gasteiger partial charge >= 0.3 is 12.0 Å². The maximum atomic E-state index is 12.7. The smallest absolute Gasteiger partial charge is 0.334 e. The Balaban J connectivity index is 1.84. The first-order valence-corrected chi connectivity index (χ1v) is 7.84. The lowest BCUT2D eigenvalue weighted by atomic mass is 10.1. The largest absolute Gasteiger partial charge is 0.479 e. The lowest BCUT2D eigenvalue weighted by Crippen LogP contribution is -2.48. The van der Waals surface area contributed by atoms with Crippen LogP contribution in [0.25, 0.3) is 0 Å². The average molecular weight is 354 g/mol. The van der Waals surface area contributed by atoms with Gasteiger partial charge in [-0.25, -0.2) is 9.59 Å². The number of carboxylic acids is 1.